The number of hydrogen-bond donors (Lipinski definition) is 2. The Bertz CT molecular complexity index is 1310. The minimum Gasteiger partial charge on any atom is -0.462 e. The molecule has 54 heavy (non-hydrogen) atoms. The molecule has 8 saturated carbocycles. The fourth-order valence-electron chi connectivity index (χ4n) is 15.5. The van der Waals surface area contributed by atoms with E-state index in [4.69, 9.17) is 9.47 Å². The highest BCUT2D eigenvalue weighted by atomic mass is 16.5. The molecule has 8 fully saturated rings. The minimum absolute atomic E-state index is 0.125. The molecule has 0 spiro atoms. The number of esters is 2. The zero-order valence-electron chi connectivity index (χ0n) is 37.9. The maximum Gasteiger partial charge on any atom is 0.302 e. The molecule has 0 aliphatic heterocycles. The van der Waals surface area contributed by atoms with Gasteiger partial charge in [-0.25, -0.2) is 0 Å². The smallest absolute Gasteiger partial charge is 0.302 e. The molecule has 12 atom stereocenters. The molecular weight excluding hydrogens is 673 g/mol. The van der Waals surface area contributed by atoms with Crippen LogP contribution in [0.4, 0.5) is 0 Å². The molecule has 6 heteroatoms. The SMILES string of the molecule is CC(=O)OC1CC2CCC1(C)C2(C)C.CC(=O)O[C@@H]1C[C@@H]2CC[C@@]1(C)C2(C)C.CCC1(O)C2(C)CCC(C2)C1(C)C.CC[C@@]1(O)C2(C)CCC(C2)C1(C)C. The van der Waals surface area contributed by atoms with Crippen LogP contribution in [-0.4, -0.2) is 45.6 Å². The summed E-state index contributed by atoms with van der Waals surface area (Å²) in [5.41, 5.74) is 0.952. The van der Waals surface area contributed by atoms with Crippen LogP contribution in [0.2, 0.25) is 0 Å². The molecule has 6 nitrogen and oxygen atoms in total. The molecule has 8 bridgehead atoms. The van der Waals surface area contributed by atoms with Crippen LogP contribution < -0.4 is 0 Å². The monoisotopic (exact) mass is 757 g/mol. The number of rotatable bonds is 4. The Hall–Kier alpha value is -1.14. The van der Waals surface area contributed by atoms with Crippen molar-refractivity contribution in [1.29, 1.82) is 0 Å². The second-order valence-electron chi connectivity index (χ2n) is 23.3. The van der Waals surface area contributed by atoms with Crippen LogP contribution in [0.5, 0.6) is 0 Å². The second-order valence-corrected chi connectivity index (χ2v) is 23.3. The van der Waals surface area contributed by atoms with Crippen molar-refractivity contribution in [2.75, 3.05) is 0 Å². The normalized spacial score (nSPS) is 48.3. The zero-order valence-corrected chi connectivity index (χ0v) is 37.9. The van der Waals surface area contributed by atoms with E-state index in [2.05, 4.69) is 96.9 Å². The first-order chi connectivity index (χ1) is 24.5. The number of carbonyl (C=O) groups excluding carboxylic acids is 2. The Morgan fingerprint density at radius 1 is 0.500 bits per heavy atom. The van der Waals surface area contributed by atoms with E-state index in [0.29, 0.717) is 10.8 Å². The lowest BCUT2D eigenvalue weighted by Gasteiger charge is -2.50. The van der Waals surface area contributed by atoms with Gasteiger partial charge in [0.25, 0.3) is 0 Å². The lowest BCUT2D eigenvalue weighted by atomic mass is 9.59. The summed E-state index contributed by atoms with van der Waals surface area (Å²) < 4.78 is 10.9. The molecule has 312 valence electrons. The quantitative estimate of drug-likeness (QED) is 0.278. The Balaban J connectivity index is 0.000000139. The molecule has 8 aliphatic carbocycles. The fourth-order valence-corrected chi connectivity index (χ4v) is 15.5. The van der Waals surface area contributed by atoms with Gasteiger partial charge in [0.15, 0.2) is 0 Å². The maximum atomic E-state index is 11.0. The van der Waals surface area contributed by atoms with E-state index in [9.17, 15) is 19.8 Å². The lowest BCUT2D eigenvalue weighted by molar-refractivity contribution is -0.155. The van der Waals surface area contributed by atoms with Crippen molar-refractivity contribution in [1.82, 2.24) is 0 Å². The van der Waals surface area contributed by atoms with Crippen molar-refractivity contribution < 1.29 is 29.3 Å². The van der Waals surface area contributed by atoms with E-state index >= 15 is 0 Å². The highest BCUT2D eigenvalue weighted by Gasteiger charge is 2.69. The van der Waals surface area contributed by atoms with Crippen molar-refractivity contribution in [3.05, 3.63) is 0 Å². The van der Waals surface area contributed by atoms with E-state index in [-0.39, 0.29) is 56.6 Å². The summed E-state index contributed by atoms with van der Waals surface area (Å²) in [5, 5.41) is 21.6. The van der Waals surface area contributed by atoms with Crippen molar-refractivity contribution in [3.63, 3.8) is 0 Å². The molecule has 8 unspecified atom stereocenters. The van der Waals surface area contributed by atoms with Gasteiger partial charge in [-0.05, 0) is 146 Å². The number of aliphatic hydroxyl groups is 2. The topological polar surface area (TPSA) is 93.1 Å². The average molecular weight is 757 g/mol. The van der Waals surface area contributed by atoms with Gasteiger partial charge in [-0.15, -0.1) is 0 Å². The molecule has 0 heterocycles. The van der Waals surface area contributed by atoms with E-state index in [0.717, 1.165) is 49.4 Å². The highest BCUT2D eigenvalue weighted by Crippen LogP contribution is 2.71. The average Bonchev–Trinajstić information content (AvgIpc) is 3.90. The minimum atomic E-state index is -0.414. The number of carbonyl (C=O) groups is 2. The van der Waals surface area contributed by atoms with Crippen molar-refractivity contribution >= 4 is 11.9 Å². The van der Waals surface area contributed by atoms with Gasteiger partial charge in [0.05, 0.1) is 11.2 Å². The third kappa shape index (κ3) is 6.03. The largest absolute Gasteiger partial charge is 0.462 e. The van der Waals surface area contributed by atoms with Crippen LogP contribution in [0.15, 0.2) is 0 Å². The second kappa shape index (κ2) is 13.7. The summed E-state index contributed by atoms with van der Waals surface area (Å²) in [5.74, 6) is 2.75. The van der Waals surface area contributed by atoms with Crippen molar-refractivity contribution in [2.45, 2.75) is 224 Å². The van der Waals surface area contributed by atoms with Gasteiger partial charge >= 0.3 is 11.9 Å². The Kier molecular flexibility index (Phi) is 11.2. The fraction of sp³-hybridized carbons (Fsp3) is 0.958. The molecule has 0 aromatic rings. The van der Waals surface area contributed by atoms with Gasteiger partial charge in [0, 0.05) is 24.7 Å². The van der Waals surface area contributed by atoms with Gasteiger partial charge in [0.2, 0.25) is 0 Å². The van der Waals surface area contributed by atoms with Gasteiger partial charge in [-0.3, -0.25) is 9.59 Å². The molecular formula is C48H84O6. The molecule has 2 N–H and O–H groups in total. The summed E-state index contributed by atoms with van der Waals surface area (Å²) >= 11 is 0. The summed E-state index contributed by atoms with van der Waals surface area (Å²) in [4.78, 5) is 22.0. The summed E-state index contributed by atoms with van der Waals surface area (Å²) in [6.45, 7) is 34.8. The van der Waals surface area contributed by atoms with Crippen LogP contribution >= 0.6 is 0 Å². The van der Waals surface area contributed by atoms with Gasteiger partial charge in [0.1, 0.15) is 12.2 Å². The van der Waals surface area contributed by atoms with Crippen LogP contribution in [0.1, 0.15) is 201 Å². The Morgan fingerprint density at radius 2 is 0.796 bits per heavy atom. The summed E-state index contributed by atoms with van der Waals surface area (Å²) in [6, 6.07) is 0. The first-order valence-electron chi connectivity index (χ1n) is 22.3. The molecule has 8 aliphatic rings. The molecule has 0 saturated heterocycles. The van der Waals surface area contributed by atoms with Gasteiger partial charge in [-0.1, -0.05) is 96.9 Å². The van der Waals surface area contributed by atoms with E-state index in [1.165, 1.54) is 78.1 Å². The first-order valence-corrected chi connectivity index (χ1v) is 22.3. The predicted octanol–water partition coefficient (Wildman–Crippen LogP) is 11.5. The van der Waals surface area contributed by atoms with E-state index < -0.39 is 11.2 Å². The predicted molar refractivity (Wildman–Crippen MR) is 219 cm³/mol. The summed E-state index contributed by atoms with van der Waals surface area (Å²) in [6.07, 6.45) is 16.9. The third-order valence-electron chi connectivity index (χ3n) is 20.7. The summed E-state index contributed by atoms with van der Waals surface area (Å²) in [7, 11) is 0. The van der Waals surface area contributed by atoms with E-state index in [1.807, 2.05) is 0 Å². The van der Waals surface area contributed by atoms with Crippen molar-refractivity contribution in [3.8, 4) is 0 Å². The van der Waals surface area contributed by atoms with Crippen LogP contribution in [-0.2, 0) is 19.1 Å². The zero-order chi connectivity index (χ0) is 40.9. The first kappa shape index (κ1) is 44.0. The van der Waals surface area contributed by atoms with Gasteiger partial charge in [-0.2, -0.15) is 0 Å². The lowest BCUT2D eigenvalue weighted by Crippen LogP contribution is -2.53. The molecule has 0 aromatic heterocycles. The standard InChI is InChI=1S/2C12H20O2.2C12H22O/c2*1-8(13)14-10-7-9-5-6-12(10,4)11(9,2)3;2*1-5-12(13)10(2,3)9-6-7-11(12,4)8-9/h2*9-10H,5-7H2,1-4H3;2*9,13H,5-8H2,1-4H3/t9-,10+,12+;;9?,11?,12-;/m0.0./s1. The Morgan fingerprint density at radius 3 is 0.963 bits per heavy atom. The van der Waals surface area contributed by atoms with Crippen LogP contribution in [0.25, 0.3) is 0 Å². The third-order valence-corrected chi connectivity index (χ3v) is 20.7. The van der Waals surface area contributed by atoms with Gasteiger partial charge < -0.3 is 19.7 Å². The van der Waals surface area contributed by atoms with Crippen molar-refractivity contribution in [2.24, 2.45) is 67.0 Å². The van der Waals surface area contributed by atoms with Crippen LogP contribution in [0.3, 0.4) is 0 Å². The Labute approximate surface area is 331 Å². The molecule has 0 radical (unpaired) electrons. The number of hydrogen-bond acceptors (Lipinski definition) is 6. The molecule has 0 aromatic carbocycles. The molecule has 0 amide bonds. The number of fused-ring (bicyclic) bond motifs is 8. The molecule has 8 rings (SSSR count). The van der Waals surface area contributed by atoms with E-state index in [1.54, 1.807) is 0 Å². The van der Waals surface area contributed by atoms with Crippen LogP contribution in [0, 0.1) is 67.0 Å². The highest BCUT2D eigenvalue weighted by molar-refractivity contribution is 5.66. The maximum absolute atomic E-state index is 11.0. The number of ether oxygens (including phenoxy) is 2.